The SMILES string of the molecule is CCCC(OC)c1noc(CCNc2ccc(C)cc2)n1. The van der Waals surface area contributed by atoms with E-state index in [2.05, 4.69) is 53.6 Å². The number of ether oxygens (including phenoxy) is 1. The van der Waals surface area contributed by atoms with Gasteiger partial charge in [0.15, 0.2) is 0 Å². The number of nitrogens with one attached hydrogen (secondary N) is 1. The van der Waals surface area contributed by atoms with Crippen molar-refractivity contribution in [2.75, 3.05) is 19.0 Å². The second-order valence-corrected chi connectivity index (χ2v) is 5.10. The summed E-state index contributed by atoms with van der Waals surface area (Å²) in [5, 5.41) is 7.34. The lowest BCUT2D eigenvalue weighted by atomic mass is 10.2. The molecule has 2 rings (SSSR count). The lowest BCUT2D eigenvalue weighted by Crippen LogP contribution is -2.06. The standard InChI is InChI=1S/C16H23N3O2/c1-4-5-14(20-3)16-18-15(21-19-16)10-11-17-13-8-6-12(2)7-9-13/h6-9,14,17H,4-5,10-11H2,1-3H3. The van der Waals surface area contributed by atoms with E-state index in [1.807, 2.05) is 0 Å². The van der Waals surface area contributed by atoms with E-state index in [1.165, 1.54) is 5.56 Å². The van der Waals surface area contributed by atoms with Crippen molar-refractivity contribution in [3.8, 4) is 0 Å². The number of anilines is 1. The first-order valence-corrected chi connectivity index (χ1v) is 7.38. The van der Waals surface area contributed by atoms with Gasteiger partial charge in [-0.1, -0.05) is 36.2 Å². The van der Waals surface area contributed by atoms with Crippen LogP contribution < -0.4 is 5.32 Å². The average Bonchev–Trinajstić information content (AvgIpc) is 2.95. The Kier molecular flexibility index (Phi) is 5.75. The number of methoxy groups -OCH3 is 1. The van der Waals surface area contributed by atoms with E-state index < -0.39 is 0 Å². The molecule has 0 amide bonds. The third-order valence-electron chi connectivity index (χ3n) is 3.33. The van der Waals surface area contributed by atoms with E-state index in [-0.39, 0.29) is 6.10 Å². The second-order valence-electron chi connectivity index (χ2n) is 5.10. The highest BCUT2D eigenvalue weighted by Crippen LogP contribution is 2.19. The summed E-state index contributed by atoms with van der Waals surface area (Å²) in [4.78, 5) is 4.40. The zero-order valence-corrected chi connectivity index (χ0v) is 12.9. The summed E-state index contributed by atoms with van der Waals surface area (Å²) in [6, 6.07) is 8.30. The van der Waals surface area contributed by atoms with Gasteiger partial charge in [-0.05, 0) is 25.5 Å². The van der Waals surface area contributed by atoms with Crippen LogP contribution in [0, 0.1) is 6.92 Å². The molecular formula is C16H23N3O2. The predicted molar refractivity (Wildman–Crippen MR) is 82.3 cm³/mol. The van der Waals surface area contributed by atoms with Gasteiger partial charge in [0.05, 0.1) is 0 Å². The minimum Gasteiger partial charge on any atom is -0.385 e. The summed E-state index contributed by atoms with van der Waals surface area (Å²) in [5.74, 6) is 1.28. The molecule has 1 N–H and O–H groups in total. The number of hydrogen-bond acceptors (Lipinski definition) is 5. The van der Waals surface area contributed by atoms with Gasteiger partial charge in [-0.25, -0.2) is 0 Å². The summed E-state index contributed by atoms with van der Waals surface area (Å²) < 4.78 is 10.6. The first-order chi connectivity index (χ1) is 10.2. The van der Waals surface area contributed by atoms with Gasteiger partial charge < -0.3 is 14.6 Å². The van der Waals surface area contributed by atoms with E-state index >= 15 is 0 Å². The Labute approximate surface area is 125 Å². The van der Waals surface area contributed by atoms with Crippen LogP contribution in [0.5, 0.6) is 0 Å². The van der Waals surface area contributed by atoms with E-state index in [0.717, 1.165) is 25.1 Å². The number of hydrogen-bond donors (Lipinski definition) is 1. The van der Waals surface area contributed by atoms with Gasteiger partial charge in [-0.15, -0.1) is 0 Å². The van der Waals surface area contributed by atoms with Gasteiger partial charge in [-0.2, -0.15) is 4.98 Å². The fourth-order valence-corrected chi connectivity index (χ4v) is 2.10. The zero-order valence-electron chi connectivity index (χ0n) is 12.9. The summed E-state index contributed by atoms with van der Waals surface area (Å²) >= 11 is 0. The molecule has 0 saturated heterocycles. The summed E-state index contributed by atoms with van der Waals surface area (Å²) in [7, 11) is 1.68. The van der Waals surface area contributed by atoms with E-state index in [1.54, 1.807) is 7.11 Å². The monoisotopic (exact) mass is 289 g/mol. The molecular weight excluding hydrogens is 266 g/mol. The molecule has 0 aliphatic carbocycles. The van der Waals surface area contributed by atoms with Gasteiger partial charge in [0.1, 0.15) is 6.10 Å². The Hall–Kier alpha value is -1.88. The van der Waals surface area contributed by atoms with Crippen LogP contribution >= 0.6 is 0 Å². The molecule has 1 aromatic carbocycles. The van der Waals surface area contributed by atoms with E-state index in [0.29, 0.717) is 18.1 Å². The maximum atomic E-state index is 5.37. The highest BCUT2D eigenvalue weighted by atomic mass is 16.5. The molecule has 0 aliphatic heterocycles. The van der Waals surface area contributed by atoms with Crippen molar-refractivity contribution < 1.29 is 9.26 Å². The van der Waals surface area contributed by atoms with Gasteiger partial charge >= 0.3 is 0 Å². The molecule has 0 fully saturated rings. The predicted octanol–water partition coefficient (Wildman–Crippen LogP) is 3.52. The fourth-order valence-electron chi connectivity index (χ4n) is 2.10. The molecule has 5 nitrogen and oxygen atoms in total. The van der Waals surface area contributed by atoms with Gasteiger partial charge in [-0.3, -0.25) is 0 Å². The number of benzene rings is 1. The Balaban J connectivity index is 1.83. The highest BCUT2D eigenvalue weighted by molar-refractivity contribution is 5.44. The highest BCUT2D eigenvalue weighted by Gasteiger charge is 2.16. The van der Waals surface area contributed by atoms with E-state index in [4.69, 9.17) is 9.26 Å². The number of nitrogens with zero attached hydrogens (tertiary/aromatic N) is 2. The van der Waals surface area contributed by atoms with Crippen molar-refractivity contribution in [2.45, 2.75) is 39.2 Å². The minimum atomic E-state index is -0.0717. The molecule has 1 unspecified atom stereocenters. The number of rotatable bonds is 8. The molecule has 0 saturated carbocycles. The summed E-state index contributed by atoms with van der Waals surface area (Å²) in [5.41, 5.74) is 2.35. The zero-order chi connectivity index (χ0) is 15.1. The third kappa shape index (κ3) is 4.56. The first-order valence-electron chi connectivity index (χ1n) is 7.38. The molecule has 1 atom stereocenters. The molecule has 2 aromatic rings. The van der Waals surface area contributed by atoms with Crippen molar-refractivity contribution in [2.24, 2.45) is 0 Å². The second kappa shape index (κ2) is 7.78. The smallest absolute Gasteiger partial charge is 0.228 e. The molecule has 0 spiro atoms. The maximum absolute atomic E-state index is 5.37. The van der Waals surface area contributed by atoms with E-state index in [9.17, 15) is 0 Å². The number of aryl methyl sites for hydroxylation is 1. The molecule has 5 heteroatoms. The van der Waals surface area contributed by atoms with Crippen LogP contribution in [0.3, 0.4) is 0 Å². The molecule has 114 valence electrons. The van der Waals surface area contributed by atoms with Gasteiger partial charge in [0.25, 0.3) is 0 Å². The van der Waals surface area contributed by atoms with Crippen LogP contribution in [0.2, 0.25) is 0 Å². The van der Waals surface area contributed by atoms with Crippen LogP contribution in [-0.4, -0.2) is 23.8 Å². The van der Waals surface area contributed by atoms with Gasteiger partial charge in [0, 0.05) is 25.8 Å². The topological polar surface area (TPSA) is 60.2 Å². The number of aromatic nitrogens is 2. The quantitative estimate of drug-likeness (QED) is 0.805. The molecule has 21 heavy (non-hydrogen) atoms. The van der Waals surface area contributed by atoms with Crippen molar-refractivity contribution in [3.63, 3.8) is 0 Å². The Bertz CT molecular complexity index is 537. The summed E-state index contributed by atoms with van der Waals surface area (Å²) in [6.07, 6.45) is 2.55. The maximum Gasteiger partial charge on any atom is 0.228 e. The van der Waals surface area contributed by atoms with Crippen LogP contribution in [0.15, 0.2) is 28.8 Å². The lowest BCUT2D eigenvalue weighted by Gasteiger charge is -2.08. The third-order valence-corrected chi connectivity index (χ3v) is 3.33. The molecule has 0 bridgehead atoms. The van der Waals surface area contributed by atoms with Crippen molar-refractivity contribution >= 4 is 5.69 Å². The molecule has 1 heterocycles. The van der Waals surface area contributed by atoms with Crippen molar-refractivity contribution in [1.82, 2.24) is 10.1 Å². The van der Waals surface area contributed by atoms with Crippen molar-refractivity contribution in [3.05, 3.63) is 41.5 Å². The molecule has 1 aromatic heterocycles. The largest absolute Gasteiger partial charge is 0.385 e. The molecule has 0 radical (unpaired) electrons. The molecule has 0 aliphatic rings. The normalized spacial score (nSPS) is 12.3. The first kappa shape index (κ1) is 15.5. The van der Waals surface area contributed by atoms with Crippen LogP contribution in [0.4, 0.5) is 5.69 Å². The van der Waals surface area contributed by atoms with Crippen molar-refractivity contribution in [1.29, 1.82) is 0 Å². The average molecular weight is 289 g/mol. The Morgan fingerprint density at radius 2 is 2.05 bits per heavy atom. The fraction of sp³-hybridized carbons (Fsp3) is 0.500. The Morgan fingerprint density at radius 1 is 1.29 bits per heavy atom. The Morgan fingerprint density at radius 3 is 2.71 bits per heavy atom. The summed E-state index contributed by atoms with van der Waals surface area (Å²) in [6.45, 7) is 4.95. The van der Waals surface area contributed by atoms with Crippen LogP contribution in [-0.2, 0) is 11.2 Å². The van der Waals surface area contributed by atoms with Gasteiger partial charge in [0.2, 0.25) is 11.7 Å². The minimum absolute atomic E-state index is 0.0717. The van der Waals surface area contributed by atoms with Crippen LogP contribution in [0.1, 0.15) is 43.1 Å². The van der Waals surface area contributed by atoms with Crippen LogP contribution in [0.25, 0.3) is 0 Å². The lowest BCUT2D eigenvalue weighted by molar-refractivity contribution is 0.0854.